The molecule has 0 saturated carbocycles. The molecule has 110 heavy (non-hydrogen) atoms. The zero-order chi connectivity index (χ0) is 80.0. The van der Waals surface area contributed by atoms with Gasteiger partial charge < -0.3 is 38.8 Å². The molecule has 23 heteroatoms. The van der Waals surface area contributed by atoms with Crippen LogP contribution in [0.3, 0.4) is 0 Å². The third kappa shape index (κ3) is 25.8. The van der Waals surface area contributed by atoms with Crippen molar-refractivity contribution >= 4 is 120 Å². The van der Waals surface area contributed by atoms with Crippen LogP contribution >= 0.6 is 58.0 Å². The van der Waals surface area contributed by atoms with Crippen LogP contribution in [0, 0.1) is 0 Å². The van der Waals surface area contributed by atoms with Gasteiger partial charge in [0.05, 0.1) is 50.7 Å². The van der Waals surface area contributed by atoms with Gasteiger partial charge in [-0.1, -0.05) is 150 Å². The number of halogens is 5. The van der Waals surface area contributed by atoms with Gasteiger partial charge in [-0.2, -0.15) is 0 Å². The smallest absolute Gasteiger partial charge is 0.232 e. The molecule has 0 unspecified atom stereocenters. The maximum Gasteiger partial charge on any atom is 0.232 e. The fraction of sp³-hybridized carbons (Fsp3) is 0.276. The van der Waals surface area contributed by atoms with Gasteiger partial charge in [0.25, 0.3) is 0 Å². The summed E-state index contributed by atoms with van der Waals surface area (Å²) >= 11 is 29.7. The van der Waals surface area contributed by atoms with Gasteiger partial charge in [-0.15, -0.1) is 0 Å². The summed E-state index contributed by atoms with van der Waals surface area (Å²) in [6.45, 7) is 15.2. The summed E-state index contributed by atoms with van der Waals surface area (Å²) in [6.07, 6.45) is 3.61. The van der Waals surface area contributed by atoms with E-state index < -0.39 is 10.0 Å². The van der Waals surface area contributed by atoms with Gasteiger partial charge in [-0.25, -0.2) is 13.4 Å². The number of methoxy groups -OCH3 is 5. The Morgan fingerprint density at radius 3 is 1.12 bits per heavy atom. The number of aromatic nitrogens is 1. The molecule has 0 bridgehead atoms. The van der Waals surface area contributed by atoms with Crippen molar-refractivity contribution in [2.45, 2.75) is 93.8 Å². The first-order valence-corrected chi connectivity index (χ1v) is 39.4. The number of nitrogens with zero attached hydrogens (tertiary/aromatic N) is 5. The summed E-state index contributed by atoms with van der Waals surface area (Å²) < 4.78 is 51.6. The minimum Gasteiger partial charge on any atom is -0.380 e. The molecule has 1 fully saturated rings. The molecule has 1 N–H and O–H groups in total. The van der Waals surface area contributed by atoms with Crippen molar-refractivity contribution < 1.29 is 51.3 Å². The van der Waals surface area contributed by atoms with Crippen molar-refractivity contribution in [1.82, 2.24) is 4.98 Å². The molecule has 1 aromatic heterocycles. The lowest BCUT2D eigenvalue weighted by molar-refractivity contribution is -0.117. The Morgan fingerprint density at radius 2 is 0.791 bits per heavy atom. The second-order valence-corrected chi connectivity index (χ2v) is 29.5. The summed E-state index contributed by atoms with van der Waals surface area (Å²) in [5.74, 6) is 0.828. The van der Waals surface area contributed by atoms with Crippen LogP contribution in [-0.2, 0) is 85.9 Å². The number of anilines is 5. The number of carbonyl (C=O) groups is 4. The molecule has 1 aliphatic rings. The molecule has 11 rings (SSSR count). The van der Waals surface area contributed by atoms with E-state index in [4.69, 9.17) is 81.7 Å². The van der Waals surface area contributed by atoms with Gasteiger partial charge in [0, 0.05) is 137 Å². The molecule has 1 saturated heterocycles. The molecule has 0 spiro atoms. The highest BCUT2D eigenvalue weighted by Crippen LogP contribution is 2.36. The molecule has 1 aliphatic heterocycles. The molecule has 4 amide bonds. The van der Waals surface area contributed by atoms with E-state index in [-0.39, 0.29) is 23.6 Å². The summed E-state index contributed by atoms with van der Waals surface area (Å²) in [5.41, 5.74) is 18.6. The molecular formula is C87H95Cl5N6O11S. The van der Waals surface area contributed by atoms with E-state index in [1.54, 1.807) is 64.1 Å². The fourth-order valence-corrected chi connectivity index (χ4v) is 14.0. The van der Waals surface area contributed by atoms with E-state index in [0.717, 1.165) is 120 Å². The van der Waals surface area contributed by atoms with E-state index in [1.807, 2.05) is 220 Å². The molecule has 0 radical (unpaired) electrons. The minimum absolute atomic E-state index is 0.0325. The van der Waals surface area contributed by atoms with Crippen LogP contribution in [0.15, 0.2) is 206 Å². The monoisotopic (exact) mass is 1610 g/mol. The van der Waals surface area contributed by atoms with Crippen LogP contribution < -0.4 is 24.3 Å². The summed E-state index contributed by atoms with van der Waals surface area (Å²) in [4.78, 5) is 56.5. The number of hydrogen-bond donors (Lipinski definition) is 1. The highest BCUT2D eigenvalue weighted by atomic mass is 35.5. The predicted molar refractivity (Wildman–Crippen MR) is 452 cm³/mol. The van der Waals surface area contributed by atoms with Crippen molar-refractivity contribution in [2.24, 2.45) is 0 Å². The Morgan fingerprint density at radius 1 is 0.445 bits per heavy atom. The number of pyridine rings is 1. The highest BCUT2D eigenvalue weighted by Gasteiger charge is 2.25. The SMILES string of the molecule is CCCN(C(C)=O)c1ccc(-c2ccc(Cl)cc2)c(COC)c1.CCN(C(C)=O)c1ccc(-c2ccc(Cl)cc2)c(COC)c1.CCN(c1ccc(-c2ccc(Cl)cc2)c(COC)c1)S(C)(=O)=O.COCc1cc(NC(C)=O)ccc1-c1ccc(Cl)cc1.COCc1nc(N2CCCC2=O)ccc1-c1ccc(Cl)cc1. The lowest BCUT2D eigenvalue weighted by atomic mass is 9.99. The Balaban J connectivity index is 0.000000191. The third-order valence-corrected chi connectivity index (χ3v) is 19.9. The van der Waals surface area contributed by atoms with Crippen molar-refractivity contribution in [3.8, 4) is 55.6 Å². The van der Waals surface area contributed by atoms with Crippen LogP contribution in [0.2, 0.25) is 25.1 Å². The van der Waals surface area contributed by atoms with Crippen LogP contribution in [0.1, 0.15) is 88.8 Å². The minimum atomic E-state index is -3.31. The van der Waals surface area contributed by atoms with Crippen molar-refractivity contribution in [3.63, 3.8) is 0 Å². The number of amides is 4. The second kappa shape index (κ2) is 44.2. The normalized spacial score (nSPS) is 11.5. The Bertz CT molecular complexity index is 4690. The third-order valence-electron chi connectivity index (χ3n) is 17.4. The first-order valence-electron chi connectivity index (χ1n) is 35.7. The number of ether oxygens (including phenoxy) is 5. The lowest BCUT2D eigenvalue weighted by Gasteiger charge is -2.22. The summed E-state index contributed by atoms with van der Waals surface area (Å²) in [6, 6.07) is 65.6. The Labute approximate surface area is 672 Å². The Kier molecular flexibility index (Phi) is 35.4. The number of hydrogen-bond acceptors (Lipinski definition) is 12. The summed E-state index contributed by atoms with van der Waals surface area (Å²) in [7, 11) is 4.94. The van der Waals surface area contributed by atoms with E-state index in [9.17, 15) is 27.6 Å². The number of benzene rings is 9. The molecule has 580 valence electrons. The number of sulfonamides is 1. The van der Waals surface area contributed by atoms with Crippen LogP contribution in [-0.4, -0.2) is 105 Å². The average molecular weight is 1610 g/mol. The standard InChI is InChI=1S/C19H22ClNO2.C18H20ClNO2.C17H17ClN2O2.C17H20ClNO3S.C16H16ClNO2/c1-4-11-21(14(2)22)18-9-10-19(16(12-18)13-23-3)15-5-7-17(20)8-6-15;1-4-20(13(2)21)17-9-10-18(15(11-17)12-22-3)14-5-7-16(19)8-6-14;1-22-11-15-14(12-4-6-13(18)7-5-12)8-9-16(19-15)20-10-2-3-17(20)21;1-4-19(23(3,20)21)16-9-10-17(14(11-16)12-22-2)13-5-7-15(18)8-6-13;1-11(19)18-15-7-8-16(13(9-15)10-20-2)12-3-5-14(17)6-4-12/h5-10,12H,4,11,13H2,1-3H3;5-11H,4,12H2,1-3H3;4-9H,2-3,10-11H2,1H3;5-11H,4,12H2,1-3H3;3-9H,10H2,1-2H3,(H,18,19). The summed E-state index contributed by atoms with van der Waals surface area (Å²) in [5, 5.41) is 6.28. The molecule has 9 aromatic carbocycles. The van der Waals surface area contributed by atoms with E-state index in [2.05, 4.69) is 17.2 Å². The molecular weight excluding hydrogens is 1510 g/mol. The number of rotatable bonds is 25. The molecule has 17 nitrogen and oxygen atoms in total. The molecule has 0 aliphatic carbocycles. The average Bonchev–Trinajstić information content (AvgIpc) is 1.03. The highest BCUT2D eigenvalue weighted by molar-refractivity contribution is 7.92. The zero-order valence-corrected chi connectivity index (χ0v) is 68.7. The molecule has 10 aromatic rings. The fourth-order valence-electron chi connectivity index (χ4n) is 12.4. The lowest BCUT2D eigenvalue weighted by Crippen LogP contribution is -2.29. The van der Waals surface area contributed by atoms with E-state index in [1.165, 1.54) is 17.5 Å². The zero-order valence-electron chi connectivity index (χ0n) is 64.1. The van der Waals surface area contributed by atoms with Crippen LogP contribution in [0.4, 0.5) is 28.6 Å². The van der Waals surface area contributed by atoms with Crippen molar-refractivity contribution in [1.29, 1.82) is 0 Å². The van der Waals surface area contributed by atoms with Crippen LogP contribution in [0.5, 0.6) is 0 Å². The first-order chi connectivity index (χ1) is 52.8. The number of nitrogens with one attached hydrogen (secondary N) is 1. The first kappa shape index (κ1) is 88.2. The maximum atomic E-state index is 11.9. The van der Waals surface area contributed by atoms with E-state index >= 15 is 0 Å². The van der Waals surface area contributed by atoms with Gasteiger partial charge >= 0.3 is 0 Å². The second-order valence-electron chi connectivity index (χ2n) is 25.5. The molecule has 0 atom stereocenters. The Hall–Kier alpha value is -8.99. The quantitative estimate of drug-likeness (QED) is 0.0571. The van der Waals surface area contributed by atoms with Gasteiger partial charge in [0.15, 0.2) is 0 Å². The topological polar surface area (TPSA) is 186 Å². The van der Waals surface area contributed by atoms with Crippen LogP contribution in [0.25, 0.3) is 55.6 Å². The van der Waals surface area contributed by atoms with Crippen molar-refractivity contribution in [3.05, 3.63) is 259 Å². The largest absolute Gasteiger partial charge is 0.380 e. The van der Waals surface area contributed by atoms with Gasteiger partial charge in [0.1, 0.15) is 5.82 Å². The number of carbonyl (C=O) groups excluding carboxylic acids is 4. The van der Waals surface area contributed by atoms with E-state index in [0.29, 0.717) is 95.7 Å². The van der Waals surface area contributed by atoms with Crippen molar-refractivity contribution in [2.75, 3.05) is 92.3 Å². The maximum absolute atomic E-state index is 11.9. The van der Waals surface area contributed by atoms with Gasteiger partial charge in [-0.05, 0) is 220 Å². The predicted octanol–water partition coefficient (Wildman–Crippen LogP) is 21.2. The molecule has 2 heterocycles. The van der Waals surface area contributed by atoms with Gasteiger partial charge in [-0.3, -0.25) is 28.4 Å². The van der Waals surface area contributed by atoms with Gasteiger partial charge in [0.2, 0.25) is 33.7 Å².